The molecule has 0 atom stereocenters. The van der Waals surface area contributed by atoms with Crippen LogP contribution in [0.15, 0.2) is 42.5 Å². The number of likely N-dealkylation sites (N-methyl/N-ethyl adjacent to an activating group) is 1. The Balaban J connectivity index is 1.96. The molecule has 2 aromatic carbocycles. The number of nitrogens with two attached hydrogens (primary N) is 1. The van der Waals surface area contributed by atoms with E-state index in [4.69, 9.17) is 10.5 Å². The minimum absolute atomic E-state index is 0.267. The molecular formula is C18H18FN3O3. The minimum Gasteiger partial charge on any atom is -0.483 e. The number of ether oxygens (including phenoxy) is 1. The Labute approximate surface area is 144 Å². The molecule has 0 radical (unpaired) electrons. The van der Waals surface area contributed by atoms with Gasteiger partial charge in [-0.3, -0.25) is 9.59 Å². The van der Waals surface area contributed by atoms with Crippen molar-refractivity contribution in [1.82, 2.24) is 0 Å². The van der Waals surface area contributed by atoms with E-state index in [1.165, 1.54) is 17.0 Å². The summed E-state index contributed by atoms with van der Waals surface area (Å²) in [5, 5.41) is 0. The Bertz CT molecular complexity index is 825. The molecule has 2 N–H and O–H groups in total. The van der Waals surface area contributed by atoms with Crippen LogP contribution in [-0.4, -0.2) is 38.6 Å². The minimum atomic E-state index is -0.630. The Morgan fingerprint density at radius 2 is 1.92 bits per heavy atom. The van der Waals surface area contributed by atoms with Crippen LogP contribution < -0.4 is 20.3 Å². The summed E-state index contributed by atoms with van der Waals surface area (Å²) in [5.41, 5.74) is 6.67. The first-order valence-electron chi connectivity index (χ1n) is 7.80. The average molecular weight is 343 g/mol. The number of amides is 2. The van der Waals surface area contributed by atoms with Crippen molar-refractivity contribution in [3.05, 3.63) is 53.8 Å². The molecule has 0 saturated heterocycles. The Morgan fingerprint density at radius 1 is 1.16 bits per heavy atom. The smallest absolute Gasteiger partial charge is 0.262 e. The van der Waals surface area contributed by atoms with Gasteiger partial charge < -0.3 is 20.3 Å². The Hall–Kier alpha value is -3.09. The maximum Gasteiger partial charge on any atom is 0.262 e. The van der Waals surface area contributed by atoms with Crippen LogP contribution in [0.1, 0.15) is 10.4 Å². The second-order valence-electron chi connectivity index (χ2n) is 5.76. The first-order valence-corrected chi connectivity index (χ1v) is 7.80. The van der Waals surface area contributed by atoms with Crippen LogP contribution >= 0.6 is 0 Å². The zero-order valence-corrected chi connectivity index (χ0v) is 13.7. The highest BCUT2D eigenvalue weighted by Gasteiger charge is 2.28. The lowest BCUT2D eigenvalue weighted by Crippen LogP contribution is -2.43. The van der Waals surface area contributed by atoms with Crippen LogP contribution in [0.2, 0.25) is 0 Å². The van der Waals surface area contributed by atoms with Crippen LogP contribution in [-0.2, 0) is 4.79 Å². The molecule has 0 aliphatic carbocycles. The van der Waals surface area contributed by atoms with E-state index < -0.39 is 11.7 Å². The summed E-state index contributed by atoms with van der Waals surface area (Å²) in [7, 11) is 1.89. The molecule has 0 aromatic heterocycles. The molecule has 0 unspecified atom stereocenters. The fraction of sp³-hybridized carbons (Fsp3) is 0.222. The van der Waals surface area contributed by atoms with Crippen molar-refractivity contribution in [1.29, 1.82) is 0 Å². The van der Waals surface area contributed by atoms with Gasteiger partial charge in [0.2, 0.25) is 0 Å². The number of hydrogen-bond acceptors (Lipinski definition) is 4. The van der Waals surface area contributed by atoms with Gasteiger partial charge in [0.1, 0.15) is 11.6 Å². The fourth-order valence-corrected chi connectivity index (χ4v) is 2.80. The van der Waals surface area contributed by atoms with Crippen LogP contribution in [0.5, 0.6) is 5.75 Å². The number of rotatable bonds is 4. The van der Waals surface area contributed by atoms with Gasteiger partial charge in [0.15, 0.2) is 6.61 Å². The number of fused-ring (bicyclic) bond motifs is 1. The molecule has 3 rings (SSSR count). The van der Waals surface area contributed by atoms with Crippen LogP contribution in [0.4, 0.5) is 15.8 Å². The van der Waals surface area contributed by atoms with Crippen molar-refractivity contribution < 1.29 is 18.7 Å². The summed E-state index contributed by atoms with van der Waals surface area (Å²) < 4.78 is 19.1. The van der Waals surface area contributed by atoms with Crippen molar-refractivity contribution in [2.45, 2.75) is 0 Å². The van der Waals surface area contributed by atoms with Crippen LogP contribution in [0.25, 0.3) is 0 Å². The monoisotopic (exact) mass is 343 g/mol. The SMILES string of the molecule is CN1CCN(C(=O)c2ccccc2OCC(N)=O)c2cc(F)ccc21. The van der Waals surface area contributed by atoms with Crippen LogP contribution in [0.3, 0.4) is 0 Å². The zero-order chi connectivity index (χ0) is 18.0. The predicted molar refractivity (Wildman–Crippen MR) is 92.5 cm³/mol. The zero-order valence-electron chi connectivity index (χ0n) is 13.7. The van der Waals surface area contributed by atoms with E-state index in [2.05, 4.69) is 0 Å². The number of carbonyl (C=O) groups excluding carboxylic acids is 2. The lowest BCUT2D eigenvalue weighted by Gasteiger charge is -2.35. The Morgan fingerprint density at radius 3 is 2.68 bits per heavy atom. The van der Waals surface area contributed by atoms with Gasteiger partial charge in [0.25, 0.3) is 11.8 Å². The molecule has 0 saturated carbocycles. The lowest BCUT2D eigenvalue weighted by molar-refractivity contribution is -0.119. The van der Waals surface area contributed by atoms with Gasteiger partial charge in [-0.05, 0) is 30.3 Å². The van der Waals surface area contributed by atoms with E-state index in [0.29, 0.717) is 24.3 Å². The third-order valence-corrected chi connectivity index (χ3v) is 4.03. The van der Waals surface area contributed by atoms with Gasteiger partial charge in [-0.25, -0.2) is 4.39 Å². The van der Waals surface area contributed by atoms with Crippen LogP contribution in [0, 0.1) is 5.82 Å². The van der Waals surface area contributed by atoms with E-state index >= 15 is 0 Å². The summed E-state index contributed by atoms with van der Waals surface area (Å²) in [6.07, 6.45) is 0. The highest BCUT2D eigenvalue weighted by Crippen LogP contribution is 2.34. The third-order valence-electron chi connectivity index (χ3n) is 4.03. The van der Waals surface area contributed by atoms with E-state index in [1.54, 1.807) is 30.3 Å². The third kappa shape index (κ3) is 3.40. The van der Waals surface area contributed by atoms with E-state index in [0.717, 1.165) is 5.69 Å². The number of nitrogens with zero attached hydrogens (tertiary/aromatic N) is 2. The summed E-state index contributed by atoms with van der Waals surface area (Å²) in [4.78, 5) is 27.5. The second-order valence-corrected chi connectivity index (χ2v) is 5.76. The predicted octanol–water partition coefficient (Wildman–Crippen LogP) is 1.79. The number of benzene rings is 2. The maximum absolute atomic E-state index is 13.7. The summed E-state index contributed by atoms with van der Waals surface area (Å²) in [5.74, 6) is -1.09. The molecule has 2 aromatic rings. The molecule has 0 bridgehead atoms. The molecule has 6 nitrogen and oxygen atoms in total. The largest absolute Gasteiger partial charge is 0.483 e. The molecule has 1 heterocycles. The molecule has 0 spiro atoms. The fourth-order valence-electron chi connectivity index (χ4n) is 2.80. The standard InChI is InChI=1S/C18H18FN3O3/c1-21-8-9-22(15-10-12(19)6-7-14(15)21)18(24)13-4-2-3-5-16(13)25-11-17(20)23/h2-7,10H,8-9,11H2,1H3,(H2,20,23). The second kappa shape index (κ2) is 6.80. The van der Waals surface area contributed by atoms with Gasteiger partial charge in [0, 0.05) is 20.1 Å². The maximum atomic E-state index is 13.7. The quantitative estimate of drug-likeness (QED) is 0.918. The van der Waals surface area contributed by atoms with E-state index in [1.807, 2.05) is 11.9 Å². The van der Waals surface area contributed by atoms with E-state index in [-0.39, 0.29) is 18.3 Å². The average Bonchev–Trinajstić information content (AvgIpc) is 2.60. The van der Waals surface area contributed by atoms with Crippen molar-refractivity contribution in [3.8, 4) is 5.75 Å². The number of primary amides is 1. The Kier molecular flexibility index (Phi) is 4.56. The number of halogens is 1. The topological polar surface area (TPSA) is 75.9 Å². The normalized spacial score (nSPS) is 13.4. The van der Waals surface area contributed by atoms with Gasteiger partial charge in [-0.1, -0.05) is 12.1 Å². The number of carbonyl (C=O) groups is 2. The van der Waals surface area contributed by atoms with Gasteiger partial charge in [-0.15, -0.1) is 0 Å². The highest BCUT2D eigenvalue weighted by molar-refractivity contribution is 6.10. The first-order chi connectivity index (χ1) is 12.0. The first kappa shape index (κ1) is 16.8. The molecule has 0 fully saturated rings. The van der Waals surface area contributed by atoms with Gasteiger partial charge >= 0.3 is 0 Å². The van der Waals surface area contributed by atoms with Crippen molar-refractivity contribution in [2.24, 2.45) is 5.73 Å². The summed E-state index contributed by atoms with van der Waals surface area (Å²) in [6.45, 7) is 0.711. The number of hydrogen-bond donors (Lipinski definition) is 1. The van der Waals surface area contributed by atoms with E-state index in [9.17, 15) is 14.0 Å². The lowest BCUT2D eigenvalue weighted by atomic mass is 10.1. The van der Waals surface area contributed by atoms with Crippen molar-refractivity contribution in [3.63, 3.8) is 0 Å². The molecule has 1 aliphatic heterocycles. The van der Waals surface area contributed by atoms with Crippen molar-refractivity contribution >= 4 is 23.2 Å². The van der Waals surface area contributed by atoms with Crippen molar-refractivity contribution in [2.75, 3.05) is 36.5 Å². The molecule has 2 amide bonds. The molecular weight excluding hydrogens is 325 g/mol. The number of anilines is 2. The van der Waals surface area contributed by atoms with Gasteiger partial charge in [-0.2, -0.15) is 0 Å². The number of para-hydroxylation sites is 1. The molecule has 7 heteroatoms. The molecule has 130 valence electrons. The molecule has 25 heavy (non-hydrogen) atoms. The molecule has 1 aliphatic rings. The summed E-state index contributed by atoms with van der Waals surface area (Å²) >= 11 is 0. The van der Waals surface area contributed by atoms with Gasteiger partial charge in [0.05, 0.1) is 16.9 Å². The highest BCUT2D eigenvalue weighted by atomic mass is 19.1. The summed E-state index contributed by atoms with van der Waals surface area (Å²) in [6, 6.07) is 11.0.